The van der Waals surface area contributed by atoms with Crippen molar-refractivity contribution < 1.29 is 4.79 Å². The molecule has 0 radical (unpaired) electrons. The molecule has 0 fully saturated rings. The van der Waals surface area contributed by atoms with Crippen molar-refractivity contribution in [3.05, 3.63) is 59.9 Å². The third-order valence-corrected chi connectivity index (χ3v) is 3.56. The van der Waals surface area contributed by atoms with Crippen molar-refractivity contribution in [2.24, 2.45) is 0 Å². The highest BCUT2D eigenvalue weighted by atomic mass is 32.1. The monoisotopic (exact) mass is 296 g/mol. The maximum absolute atomic E-state index is 12.0. The molecular weight excluding hydrogens is 284 g/mol. The van der Waals surface area contributed by atoms with Crippen LogP contribution in [0.3, 0.4) is 0 Å². The molecule has 0 aliphatic rings. The predicted molar refractivity (Wildman–Crippen MR) is 81.9 cm³/mol. The molecule has 0 unspecified atom stereocenters. The van der Waals surface area contributed by atoms with Crippen LogP contribution >= 0.6 is 11.3 Å². The Kier molecular flexibility index (Phi) is 3.97. The van der Waals surface area contributed by atoms with Crippen LogP contribution in [0.25, 0.3) is 11.4 Å². The quantitative estimate of drug-likeness (QED) is 0.804. The van der Waals surface area contributed by atoms with E-state index < -0.39 is 0 Å². The molecule has 0 atom stereocenters. The van der Waals surface area contributed by atoms with Crippen molar-refractivity contribution in [3.63, 3.8) is 0 Å². The second kappa shape index (κ2) is 6.23. The molecule has 0 saturated carbocycles. The van der Waals surface area contributed by atoms with Gasteiger partial charge in [0.05, 0.1) is 12.1 Å². The maximum Gasteiger partial charge on any atom is 0.230 e. The van der Waals surface area contributed by atoms with Gasteiger partial charge in [-0.05, 0) is 11.6 Å². The highest BCUT2D eigenvalue weighted by Crippen LogP contribution is 2.22. The van der Waals surface area contributed by atoms with E-state index in [1.165, 1.54) is 17.7 Å². The van der Waals surface area contributed by atoms with Crippen LogP contribution in [0.4, 0.5) is 5.13 Å². The van der Waals surface area contributed by atoms with Gasteiger partial charge in [-0.2, -0.15) is 0 Å². The molecule has 1 N–H and O–H groups in total. The maximum atomic E-state index is 12.0. The molecule has 1 aromatic carbocycles. The van der Waals surface area contributed by atoms with Crippen LogP contribution in [0.5, 0.6) is 0 Å². The lowest BCUT2D eigenvalue weighted by Gasteiger charge is -2.01. The van der Waals surface area contributed by atoms with Crippen LogP contribution in [-0.4, -0.2) is 20.9 Å². The highest BCUT2D eigenvalue weighted by Gasteiger charge is 2.09. The van der Waals surface area contributed by atoms with E-state index in [2.05, 4.69) is 20.3 Å². The second-order valence-corrected chi connectivity index (χ2v) is 5.20. The molecule has 2 heterocycles. The van der Waals surface area contributed by atoms with Crippen molar-refractivity contribution >= 4 is 22.4 Å². The average Bonchev–Trinajstić information content (AvgIpc) is 2.97. The minimum absolute atomic E-state index is 0.0789. The minimum atomic E-state index is -0.0789. The van der Waals surface area contributed by atoms with Crippen LogP contribution in [-0.2, 0) is 11.2 Å². The van der Waals surface area contributed by atoms with E-state index in [0.717, 1.165) is 17.0 Å². The summed E-state index contributed by atoms with van der Waals surface area (Å²) >= 11 is 1.38. The third kappa shape index (κ3) is 3.49. The first-order valence-electron chi connectivity index (χ1n) is 6.37. The van der Waals surface area contributed by atoms with Gasteiger partial charge in [0.1, 0.15) is 12.0 Å². The average molecular weight is 296 g/mol. The van der Waals surface area contributed by atoms with Gasteiger partial charge >= 0.3 is 0 Å². The second-order valence-electron chi connectivity index (χ2n) is 4.34. The van der Waals surface area contributed by atoms with Crippen LogP contribution in [0.2, 0.25) is 0 Å². The number of carbonyl (C=O) groups excluding carboxylic acids is 1. The van der Waals surface area contributed by atoms with Gasteiger partial charge in [0, 0.05) is 11.6 Å². The number of thiazole rings is 1. The molecule has 0 saturated heterocycles. The van der Waals surface area contributed by atoms with Gasteiger partial charge < -0.3 is 5.32 Å². The molecule has 3 rings (SSSR count). The fraction of sp³-hybridized carbons (Fsp3) is 0.0667. The topological polar surface area (TPSA) is 67.8 Å². The van der Waals surface area contributed by atoms with Gasteiger partial charge in [0.2, 0.25) is 5.91 Å². The first-order chi connectivity index (χ1) is 10.3. The molecule has 0 spiro atoms. The Morgan fingerprint density at radius 3 is 2.76 bits per heavy atom. The zero-order valence-corrected chi connectivity index (χ0v) is 11.9. The smallest absolute Gasteiger partial charge is 0.230 e. The summed E-state index contributed by atoms with van der Waals surface area (Å²) in [6.07, 6.45) is 3.47. The third-order valence-electron chi connectivity index (χ3n) is 2.80. The Balaban J connectivity index is 1.66. The van der Waals surface area contributed by atoms with E-state index in [1.54, 1.807) is 12.3 Å². The van der Waals surface area contributed by atoms with E-state index >= 15 is 0 Å². The Morgan fingerprint density at radius 1 is 1.14 bits per heavy atom. The summed E-state index contributed by atoms with van der Waals surface area (Å²) in [6, 6.07) is 11.4. The molecule has 21 heavy (non-hydrogen) atoms. The Bertz CT molecular complexity index is 728. The molecule has 104 valence electrons. The van der Waals surface area contributed by atoms with Crippen LogP contribution in [0.15, 0.2) is 54.3 Å². The number of nitrogens with zero attached hydrogens (tertiary/aromatic N) is 3. The highest BCUT2D eigenvalue weighted by molar-refractivity contribution is 7.14. The standard InChI is InChI=1S/C15H12N4OS/c20-14(8-11-4-2-1-3-5-11)19-15-18-13(9-21-15)12-6-7-16-10-17-12/h1-7,9-10H,8H2,(H,18,19,20). The predicted octanol–water partition coefficient (Wildman–Crippen LogP) is 2.78. The minimum Gasteiger partial charge on any atom is -0.302 e. The first kappa shape index (κ1) is 13.4. The van der Waals surface area contributed by atoms with Gasteiger partial charge in [-0.15, -0.1) is 11.3 Å². The molecule has 3 aromatic rings. The molecule has 1 amide bonds. The summed E-state index contributed by atoms with van der Waals surface area (Å²) in [6.45, 7) is 0. The summed E-state index contributed by atoms with van der Waals surface area (Å²) in [5.41, 5.74) is 2.45. The summed E-state index contributed by atoms with van der Waals surface area (Å²) < 4.78 is 0. The van der Waals surface area contributed by atoms with E-state index in [-0.39, 0.29) is 5.91 Å². The Labute approximate surface area is 125 Å². The molecule has 0 aliphatic carbocycles. The van der Waals surface area contributed by atoms with E-state index in [4.69, 9.17) is 0 Å². The molecule has 0 aliphatic heterocycles. The van der Waals surface area contributed by atoms with Gasteiger partial charge in [-0.1, -0.05) is 30.3 Å². The number of rotatable bonds is 4. The summed E-state index contributed by atoms with van der Waals surface area (Å²) in [7, 11) is 0. The zero-order valence-electron chi connectivity index (χ0n) is 11.1. The molecular formula is C15H12N4OS. The Morgan fingerprint density at radius 2 is 2.00 bits per heavy atom. The van der Waals surface area contributed by atoms with Crippen molar-refractivity contribution in [3.8, 4) is 11.4 Å². The van der Waals surface area contributed by atoms with Gasteiger partial charge in [0.15, 0.2) is 5.13 Å². The summed E-state index contributed by atoms with van der Waals surface area (Å²) in [5, 5.41) is 5.24. The number of benzene rings is 1. The number of hydrogen-bond donors (Lipinski definition) is 1. The largest absolute Gasteiger partial charge is 0.302 e. The molecule has 0 bridgehead atoms. The lowest BCUT2D eigenvalue weighted by molar-refractivity contribution is -0.115. The fourth-order valence-corrected chi connectivity index (χ4v) is 2.56. The zero-order chi connectivity index (χ0) is 14.5. The first-order valence-corrected chi connectivity index (χ1v) is 7.25. The van der Waals surface area contributed by atoms with Gasteiger partial charge in [-0.25, -0.2) is 15.0 Å². The van der Waals surface area contributed by atoms with Gasteiger partial charge in [-0.3, -0.25) is 4.79 Å². The number of nitrogens with one attached hydrogen (secondary N) is 1. The lowest BCUT2D eigenvalue weighted by atomic mass is 10.1. The molecule has 2 aromatic heterocycles. The molecule has 5 nitrogen and oxygen atoms in total. The van der Waals surface area contributed by atoms with E-state index in [1.807, 2.05) is 35.7 Å². The van der Waals surface area contributed by atoms with Crippen molar-refractivity contribution in [1.29, 1.82) is 0 Å². The molecule has 6 heteroatoms. The normalized spacial score (nSPS) is 10.3. The van der Waals surface area contributed by atoms with Crippen LogP contribution in [0.1, 0.15) is 5.56 Å². The SMILES string of the molecule is O=C(Cc1ccccc1)Nc1nc(-c2ccncn2)cs1. The number of hydrogen-bond acceptors (Lipinski definition) is 5. The number of carbonyl (C=O) groups is 1. The number of amides is 1. The Hall–Kier alpha value is -2.60. The fourth-order valence-electron chi connectivity index (χ4n) is 1.84. The van der Waals surface area contributed by atoms with Gasteiger partial charge in [0.25, 0.3) is 0 Å². The summed E-state index contributed by atoms with van der Waals surface area (Å²) in [4.78, 5) is 24.3. The van der Waals surface area contributed by atoms with Crippen LogP contribution < -0.4 is 5.32 Å². The number of aromatic nitrogens is 3. The lowest BCUT2D eigenvalue weighted by Crippen LogP contribution is -2.14. The summed E-state index contributed by atoms with van der Waals surface area (Å²) in [5.74, 6) is -0.0789. The van der Waals surface area contributed by atoms with E-state index in [9.17, 15) is 4.79 Å². The van der Waals surface area contributed by atoms with Crippen molar-refractivity contribution in [1.82, 2.24) is 15.0 Å². The van der Waals surface area contributed by atoms with E-state index in [0.29, 0.717) is 11.6 Å². The van der Waals surface area contributed by atoms with Crippen molar-refractivity contribution in [2.45, 2.75) is 6.42 Å². The van der Waals surface area contributed by atoms with Crippen LogP contribution in [0, 0.1) is 0 Å². The number of anilines is 1. The van der Waals surface area contributed by atoms with Crippen molar-refractivity contribution in [2.75, 3.05) is 5.32 Å².